The van der Waals surface area contributed by atoms with Crippen molar-refractivity contribution in [2.75, 3.05) is 13.7 Å². The van der Waals surface area contributed by atoms with E-state index in [4.69, 9.17) is 15.0 Å². The van der Waals surface area contributed by atoms with Crippen LogP contribution >= 0.6 is 0 Å². The van der Waals surface area contributed by atoms with Gasteiger partial charge < -0.3 is 15.0 Å². The largest absolute Gasteiger partial charge is 0.374 e. The van der Waals surface area contributed by atoms with E-state index < -0.39 is 0 Å². The van der Waals surface area contributed by atoms with E-state index in [0.29, 0.717) is 18.3 Å². The first kappa shape index (κ1) is 13.5. The lowest BCUT2D eigenvalue weighted by Crippen LogP contribution is -2.35. The van der Waals surface area contributed by atoms with Crippen molar-refractivity contribution in [1.29, 1.82) is 0 Å². The normalized spacial score (nSPS) is 21.5. The fourth-order valence-electron chi connectivity index (χ4n) is 2.63. The van der Waals surface area contributed by atoms with Gasteiger partial charge >= 0.3 is 0 Å². The molecule has 2 N–H and O–H groups in total. The topological polar surface area (TPSA) is 74.2 Å². The molecule has 0 aliphatic heterocycles. The smallest absolute Gasteiger partial charge is 0.234 e. The zero-order valence-corrected chi connectivity index (χ0v) is 11.3. The van der Waals surface area contributed by atoms with Gasteiger partial charge in [-0.2, -0.15) is 4.98 Å². The maximum Gasteiger partial charge on any atom is 0.234 e. The minimum Gasteiger partial charge on any atom is -0.374 e. The average Bonchev–Trinajstić information content (AvgIpc) is 2.78. The molecule has 1 heterocycles. The van der Waals surface area contributed by atoms with Crippen LogP contribution in [0.15, 0.2) is 4.52 Å². The van der Waals surface area contributed by atoms with Gasteiger partial charge in [0, 0.05) is 13.7 Å². The number of nitrogens with zero attached hydrogens (tertiary/aromatic N) is 2. The molecule has 0 radical (unpaired) electrons. The molecule has 5 nitrogen and oxygen atoms in total. The Bertz CT molecular complexity index is 370. The van der Waals surface area contributed by atoms with Crippen LogP contribution in [-0.2, 0) is 10.2 Å². The van der Waals surface area contributed by atoms with Crippen LogP contribution in [0.4, 0.5) is 0 Å². The molecule has 102 valence electrons. The van der Waals surface area contributed by atoms with Gasteiger partial charge in [-0.05, 0) is 19.8 Å². The summed E-state index contributed by atoms with van der Waals surface area (Å²) in [5, 5.41) is 4.02. The maximum absolute atomic E-state index is 6.00. The van der Waals surface area contributed by atoms with E-state index >= 15 is 0 Å². The number of ether oxygens (including phenoxy) is 1. The van der Waals surface area contributed by atoms with Crippen LogP contribution in [0.1, 0.15) is 63.3 Å². The summed E-state index contributed by atoms with van der Waals surface area (Å²) >= 11 is 0. The lowest BCUT2D eigenvalue weighted by molar-refractivity contribution is 0.109. The van der Waals surface area contributed by atoms with Gasteiger partial charge in [-0.1, -0.05) is 30.8 Å². The highest BCUT2D eigenvalue weighted by Gasteiger charge is 2.37. The Morgan fingerprint density at radius 3 is 2.56 bits per heavy atom. The number of rotatable bonds is 4. The Labute approximate surface area is 108 Å². The third-order valence-electron chi connectivity index (χ3n) is 4.06. The predicted molar refractivity (Wildman–Crippen MR) is 68.2 cm³/mol. The highest BCUT2D eigenvalue weighted by atomic mass is 16.5. The van der Waals surface area contributed by atoms with Crippen molar-refractivity contribution < 1.29 is 9.26 Å². The summed E-state index contributed by atoms with van der Waals surface area (Å²) in [6.45, 7) is 2.49. The summed E-state index contributed by atoms with van der Waals surface area (Å²) in [4.78, 5) is 4.51. The molecule has 1 aromatic heterocycles. The molecule has 0 aromatic carbocycles. The Morgan fingerprint density at radius 2 is 2.00 bits per heavy atom. The van der Waals surface area contributed by atoms with Crippen LogP contribution in [0.25, 0.3) is 0 Å². The monoisotopic (exact) mass is 253 g/mol. The number of aromatic nitrogens is 2. The van der Waals surface area contributed by atoms with Gasteiger partial charge in [-0.3, -0.25) is 0 Å². The van der Waals surface area contributed by atoms with Gasteiger partial charge in [0.15, 0.2) is 5.82 Å². The first-order chi connectivity index (χ1) is 8.72. The summed E-state index contributed by atoms with van der Waals surface area (Å²) in [6.07, 6.45) is 6.89. The van der Waals surface area contributed by atoms with Crippen molar-refractivity contribution >= 4 is 0 Å². The number of hydrogen-bond donors (Lipinski definition) is 1. The highest BCUT2D eigenvalue weighted by molar-refractivity contribution is 5.08. The third kappa shape index (κ3) is 2.57. The molecule has 1 aromatic rings. The summed E-state index contributed by atoms with van der Waals surface area (Å²) in [6, 6.07) is 0. The number of nitrogens with two attached hydrogens (primary N) is 1. The molecule has 0 amide bonds. The fraction of sp³-hybridized carbons (Fsp3) is 0.846. The van der Waals surface area contributed by atoms with E-state index in [-0.39, 0.29) is 11.5 Å². The molecule has 1 aliphatic carbocycles. The SMILES string of the molecule is COC(C)c1noc(C2(CN)CCCCCC2)n1. The zero-order valence-electron chi connectivity index (χ0n) is 11.3. The summed E-state index contributed by atoms with van der Waals surface area (Å²) < 4.78 is 10.7. The van der Waals surface area contributed by atoms with Crippen LogP contribution in [0.3, 0.4) is 0 Å². The molecule has 1 fully saturated rings. The van der Waals surface area contributed by atoms with Gasteiger partial charge in [-0.25, -0.2) is 0 Å². The fourth-order valence-corrected chi connectivity index (χ4v) is 2.63. The van der Waals surface area contributed by atoms with E-state index in [0.717, 1.165) is 12.8 Å². The van der Waals surface area contributed by atoms with E-state index in [9.17, 15) is 0 Å². The molecule has 0 spiro atoms. The van der Waals surface area contributed by atoms with Crippen LogP contribution in [0.5, 0.6) is 0 Å². The second-order valence-electron chi connectivity index (χ2n) is 5.23. The van der Waals surface area contributed by atoms with Crippen LogP contribution in [-0.4, -0.2) is 23.8 Å². The molecule has 1 atom stereocenters. The molecule has 1 unspecified atom stereocenters. The molecular formula is C13H23N3O2. The van der Waals surface area contributed by atoms with Crippen LogP contribution in [0.2, 0.25) is 0 Å². The Hall–Kier alpha value is -0.940. The zero-order chi connectivity index (χ0) is 13.0. The number of hydrogen-bond acceptors (Lipinski definition) is 5. The molecule has 1 saturated carbocycles. The van der Waals surface area contributed by atoms with E-state index in [2.05, 4.69) is 10.1 Å². The third-order valence-corrected chi connectivity index (χ3v) is 4.06. The van der Waals surface area contributed by atoms with Crippen molar-refractivity contribution in [2.24, 2.45) is 5.73 Å². The second kappa shape index (κ2) is 5.80. The van der Waals surface area contributed by atoms with E-state index in [1.54, 1.807) is 7.11 Å². The standard InChI is InChI=1S/C13H23N3O2/c1-10(17-2)11-15-12(18-16-11)13(9-14)7-5-3-4-6-8-13/h10H,3-9,14H2,1-2H3. The molecule has 1 aliphatic rings. The quantitative estimate of drug-likeness (QED) is 0.833. The van der Waals surface area contributed by atoms with Gasteiger partial charge in [0.1, 0.15) is 6.10 Å². The first-order valence-corrected chi connectivity index (χ1v) is 6.79. The minimum atomic E-state index is -0.136. The van der Waals surface area contributed by atoms with Gasteiger partial charge in [0.05, 0.1) is 5.41 Å². The lowest BCUT2D eigenvalue weighted by Gasteiger charge is -2.26. The van der Waals surface area contributed by atoms with Crippen molar-refractivity contribution in [3.05, 3.63) is 11.7 Å². The molecule has 0 saturated heterocycles. The minimum absolute atomic E-state index is 0.116. The van der Waals surface area contributed by atoms with E-state index in [1.165, 1.54) is 25.7 Å². The first-order valence-electron chi connectivity index (χ1n) is 6.79. The Morgan fingerprint density at radius 1 is 1.33 bits per heavy atom. The van der Waals surface area contributed by atoms with Gasteiger partial charge in [0.2, 0.25) is 5.89 Å². The van der Waals surface area contributed by atoms with Crippen molar-refractivity contribution in [1.82, 2.24) is 10.1 Å². The molecule has 5 heteroatoms. The predicted octanol–water partition coefficient (Wildman–Crippen LogP) is 2.33. The summed E-state index contributed by atoms with van der Waals surface area (Å²) in [5.41, 5.74) is 5.88. The van der Waals surface area contributed by atoms with Crippen molar-refractivity contribution in [2.45, 2.75) is 57.0 Å². The van der Waals surface area contributed by atoms with E-state index in [1.807, 2.05) is 6.92 Å². The number of methoxy groups -OCH3 is 1. The van der Waals surface area contributed by atoms with Gasteiger partial charge in [0.25, 0.3) is 0 Å². The van der Waals surface area contributed by atoms with Gasteiger partial charge in [-0.15, -0.1) is 0 Å². The van der Waals surface area contributed by atoms with Crippen molar-refractivity contribution in [3.8, 4) is 0 Å². The molecule has 0 bridgehead atoms. The average molecular weight is 253 g/mol. The second-order valence-corrected chi connectivity index (χ2v) is 5.23. The summed E-state index contributed by atoms with van der Waals surface area (Å²) in [5.74, 6) is 1.32. The maximum atomic E-state index is 6.00. The molecule has 2 rings (SSSR count). The van der Waals surface area contributed by atoms with Crippen LogP contribution in [0, 0.1) is 0 Å². The lowest BCUT2D eigenvalue weighted by atomic mass is 9.80. The van der Waals surface area contributed by atoms with Crippen molar-refractivity contribution in [3.63, 3.8) is 0 Å². The Balaban J connectivity index is 2.23. The molecular weight excluding hydrogens is 230 g/mol. The Kier molecular flexibility index (Phi) is 4.35. The molecule has 18 heavy (non-hydrogen) atoms. The van der Waals surface area contributed by atoms with Crippen LogP contribution < -0.4 is 5.73 Å². The summed E-state index contributed by atoms with van der Waals surface area (Å²) in [7, 11) is 1.64. The highest BCUT2D eigenvalue weighted by Crippen LogP contribution is 2.37.